The van der Waals surface area contributed by atoms with Crippen molar-refractivity contribution in [2.24, 2.45) is 11.8 Å². The van der Waals surface area contributed by atoms with Crippen molar-refractivity contribution in [3.63, 3.8) is 0 Å². The first-order valence-electron chi connectivity index (χ1n) is 7.39. The van der Waals surface area contributed by atoms with Gasteiger partial charge in [-0.25, -0.2) is 0 Å². The minimum atomic E-state index is -3.28. The van der Waals surface area contributed by atoms with Gasteiger partial charge in [-0.15, -0.1) is 0 Å². The molecular weight excluding hydrogens is 290 g/mol. The molecule has 7 heteroatoms. The van der Waals surface area contributed by atoms with E-state index in [4.69, 9.17) is 4.42 Å². The van der Waals surface area contributed by atoms with Crippen molar-refractivity contribution in [3.05, 3.63) is 24.2 Å². The number of piperidine rings is 1. The van der Waals surface area contributed by atoms with Crippen LogP contribution in [-0.4, -0.2) is 62.2 Å². The Kier molecular flexibility index (Phi) is 4.09. The van der Waals surface area contributed by atoms with E-state index in [-0.39, 0.29) is 0 Å². The summed E-state index contributed by atoms with van der Waals surface area (Å²) in [6.45, 7) is 4.09. The number of likely N-dealkylation sites (tertiary alicyclic amines) is 1. The molecule has 0 aliphatic carbocycles. The number of hydrogen-bond acceptors (Lipinski definition) is 4. The summed E-state index contributed by atoms with van der Waals surface area (Å²) in [7, 11) is -0.0834. The predicted molar refractivity (Wildman–Crippen MR) is 79.8 cm³/mol. The molecule has 6 nitrogen and oxygen atoms in total. The first kappa shape index (κ1) is 15.0. The van der Waals surface area contributed by atoms with Crippen LogP contribution in [0.25, 0.3) is 0 Å². The molecule has 0 unspecified atom stereocenters. The molecule has 2 aliphatic rings. The maximum absolute atomic E-state index is 12.2. The van der Waals surface area contributed by atoms with Crippen LogP contribution in [0.4, 0.5) is 0 Å². The standard InChI is InChI=1S/C14H23N3O3S/c1-15(2)21(18,19)17-6-5-12-8-16(9-13(12)10-17)11-14-4-3-7-20-14/h3-4,7,12-13H,5-6,8-11H2,1-2H3/t12-,13-/m0/s1. The summed E-state index contributed by atoms with van der Waals surface area (Å²) < 4.78 is 32.8. The zero-order valence-electron chi connectivity index (χ0n) is 12.6. The lowest BCUT2D eigenvalue weighted by molar-refractivity contribution is 0.219. The Balaban J connectivity index is 1.62. The summed E-state index contributed by atoms with van der Waals surface area (Å²) in [5.41, 5.74) is 0. The SMILES string of the molecule is CN(C)S(=O)(=O)N1CC[C@H]2CN(Cc3ccco3)C[C@H]2C1. The summed E-state index contributed by atoms with van der Waals surface area (Å²) in [6, 6.07) is 3.90. The van der Waals surface area contributed by atoms with Crippen molar-refractivity contribution in [1.82, 2.24) is 13.5 Å². The number of rotatable bonds is 4. The van der Waals surface area contributed by atoms with Crippen LogP contribution in [-0.2, 0) is 16.8 Å². The molecule has 3 rings (SSSR count). The lowest BCUT2D eigenvalue weighted by Gasteiger charge is -2.34. The molecule has 2 saturated heterocycles. The smallest absolute Gasteiger partial charge is 0.281 e. The van der Waals surface area contributed by atoms with E-state index in [1.165, 1.54) is 4.31 Å². The third kappa shape index (κ3) is 3.01. The van der Waals surface area contributed by atoms with Gasteiger partial charge in [0.25, 0.3) is 10.2 Å². The van der Waals surface area contributed by atoms with Crippen molar-refractivity contribution < 1.29 is 12.8 Å². The Morgan fingerprint density at radius 1 is 1.29 bits per heavy atom. The fourth-order valence-electron chi connectivity index (χ4n) is 3.42. The molecular formula is C14H23N3O3S. The summed E-state index contributed by atoms with van der Waals surface area (Å²) >= 11 is 0. The molecule has 0 bridgehead atoms. The van der Waals surface area contributed by atoms with Gasteiger partial charge in [0, 0.05) is 40.3 Å². The Morgan fingerprint density at radius 2 is 2.05 bits per heavy atom. The quantitative estimate of drug-likeness (QED) is 0.826. The normalized spacial score (nSPS) is 28.1. The van der Waals surface area contributed by atoms with Gasteiger partial charge in [-0.05, 0) is 30.4 Å². The number of furan rings is 1. The molecule has 0 amide bonds. The zero-order chi connectivity index (χ0) is 15.0. The van der Waals surface area contributed by atoms with Gasteiger partial charge in [-0.1, -0.05) is 0 Å². The number of nitrogens with zero attached hydrogens (tertiary/aromatic N) is 3. The highest BCUT2D eigenvalue weighted by Crippen LogP contribution is 2.33. The van der Waals surface area contributed by atoms with E-state index in [1.54, 1.807) is 24.7 Å². The molecule has 2 fully saturated rings. The van der Waals surface area contributed by atoms with Crippen LogP contribution < -0.4 is 0 Å². The first-order valence-corrected chi connectivity index (χ1v) is 8.79. The fraction of sp³-hybridized carbons (Fsp3) is 0.714. The molecule has 0 spiro atoms. The fourth-order valence-corrected chi connectivity index (χ4v) is 4.60. The van der Waals surface area contributed by atoms with Crippen molar-refractivity contribution in [2.75, 3.05) is 40.3 Å². The lowest BCUT2D eigenvalue weighted by atomic mass is 9.90. The zero-order valence-corrected chi connectivity index (χ0v) is 13.4. The van der Waals surface area contributed by atoms with E-state index in [2.05, 4.69) is 4.90 Å². The number of hydrogen-bond donors (Lipinski definition) is 0. The van der Waals surface area contributed by atoms with Gasteiger partial charge in [-0.2, -0.15) is 17.0 Å². The Morgan fingerprint density at radius 3 is 2.71 bits per heavy atom. The van der Waals surface area contributed by atoms with Crippen LogP contribution in [0.1, 0.15) is 12.2 Å². The van der Waals surface area contributed by atoms with Crippen LogP contribution in [0, 0.1) is 11.8 Å². The van der Waals surface area contributed by atoms with Crippen LogP contribution in [0.2, 0.25) is 0 Å². The van der Waals surface area contributed by atoms with Gasteiger partial charge in [0.2, 0.25) is 0 Å². The lowest BCUT2D eigenvalue weighted by Crippen LogP contribution is -2.47. The predicted octanol–water partition coefficient (Wildman–Crippen LogP) is 0.840. The minimum Gasteiger partial charge on any atom is -0.468 e. The summed E-state index contributed by atoms with van der Waals surface area (Å²) in [6.07, 6.45) is 2.65. The summed E-state index contributed by atoms with van der Waals surface area (Å²) in [4.78, 5) is 2.37. The summed E-state index contributed by atoms with van der Waals surface area (Å²) in [5, 5.41) is 0. The molecule has 0 aromatic carbocycles. The van der Waals surface area contributed by atoms with E-state index >= 15 is 0 Å². The largest absolute Gasteiger partial charge is 0.468 e. The van der Waals surface area contributed by atoms with Gasteiger partial charge in [0.1, 0.15) is 5.76 Å². The maximum Gasteiger partial charge on any atom is 0.281 e. The third-order valence-electron chi connectivity index (χ3n) is 4.59. The third-order valence-corrected chi connectivity index (χ3v) is 6.49. The molecule has 2 aliphatic heterocycles. The molecule has 118 valence electrons. The van der Waals surface area contributed by atoms with E-state index in [9.17, 15) is 8.42 Å². The van der Waals surface area contributed by atoms with Gasteiger partial charge >= 0.3 is 0 Å². The van der Waals surface area contributed by atoms with Crippen molar-refractivity contribution >= 4 is 10.2 Å². The first-order chi connectivity index (χ1) is 9.96. The van der Waals surface area contributed by atoms with Crippen molar-refractivity contribution in [2.45, 2.75) is 13.0 Å². The topological polar surface area (TPSA) is 57.0 Å². The highest BCUT2D eigenvalue weighted by molar-refractivity contribution is 7.86. The molecule has 21 heavy (non-hydrogen) atoms. The highest BCUT2D eigenvalue weighted by atomic mass is 32.2. The second-order valence-electron chi connectivity index (χ2n) is 6.23. The maximum atomic E-state index is 12.2. The molecule has 0 saturated carbocycles. The second-order valence-corrected chi connectivity index (χ2v) is 8.37. The van der Waals surface area contributed by atoms with Gasteiger partial charge < -0.3 is 4.42 Å². The monoisotopic (exact) mass is 313 g/mol. The van der Waals surface area contributed by atoms with E-state index in [0.717, 1.165) is 31.8 Å². The Labute approximate surface area is 126 Å². The molecule has 0 radical (unpaired) electrons. The Bertz CT molecular complexity index is 570. The average Bonchev–Trinajstić information content (AvgIpc) is 3.06. The van der Waals surface area contributed by atoms with E-state index in [1.807, 2.05) is 12.1 Å². The Hall–Kier alpha value is -0.890. The van der Waals surface area contributed by atoms with Gasteiger partial charge in [0.15, 0.2) is 0 Å². The minimum absolute atomic E-state index is 0.434. The van der Waals surface area contributed by atoms with E-state index in [0.29, 0.717) is 24.9 Å². The van der Waals surface area contributed by atoms with Crippen molar-refractivity contribution in [1.29, 1.82) is 0 Å². The number of fused-ring (bicyclic) bond motifs is 1. The van der Waals surface area contributed by atoms with Gasteiger partial charge in [-0.3, -0.25) is 4.90 Å². The highest BCUT2D eigenvalue weighted by Gasteiger charge is 2.40. The molecule has 3 heterocycles. The second kappa shape index (κ2) is 5.72. The average molecular weight is 313 g/mol. The molecule has 1 aromatic heterocycles. The molecule has 0 N–H and O–H groups in total. The van der Waals surface area contributed by atoms with Crippen molar-refractivity contribution in [3.8, 4) is 0 Å². The summed E-state index contributed by atoms with van der Waals surface area (Å²) in [5.74, 6) is 2.02. The molecule has 1 aromatic rings. The van der Waals surface area contributed by atoms with Gasteiger partial charge in [0.05, 0.1) is 12.8 Å². The van der Waals surface area contributed by atoms with E-state index < -0.39 is 10.2 Å². The molecule has 2 atom stereocenters. The van der Waals surface area contributed by atoms with Crippen LogP contribution >= 0.6 is 0 Å². The van der Waals surface area contributed by atoms with Crippen LogP contribution in [0.15, 0.2) is 22.8 Å². The van der Waals surface area contributed by atoms with Crippen LogP contribution in [0.5, 0.6) is 0 Å². The van der Waals surface area contributed by atoms with Crippen LogP contribution in [0.3, 0.4) is 0 Å².